The third-order valence-corrected chi connectivity index (χ3v) is 1.73. The maximum absolute atomic E-state index is 10.3. The van der Waals surface area contributed by atoms with Gasteiger partial charge in [0.25, 0.3) is 0 Å². The summed E-state index contributed by atoms with van der Waals surface area (Å²) in [6.07, 6.45) is -0.433. The van der Waals surface area contributed by atoms with E-state index in [4.69, 9.17) is 5.11 Å². The Morgan fingerprint density at radius 2 is 2.00 bits per heavy atom. The quantitative estimate of drug-likeness (QED) is 0.534. The van der Waals surface area contributed by atoms with Gasteiger partial charge in [-0.05, 0) is 18.6 Å². The summed E-state index contributed by atoms with van der Waals surface area (Å²) in [6.45, 7) is 0.726. The summed E-state index contributed by atoms with van der Waals surface area (Å²) < 4.78 is 0. The molecule has 2 N–H and O–H groups in total. The molecule has 0 aliphatic heterocycles. The fourth-order valence-corrected chi connectivity index (χ4v) is 1.07. The van der Waals surface area contributed by atoms with Crippen LogP contribution in [0.25, 0.3) is 0 Å². The van der Waals surface area contributed by atoms with Crippen LogP contribution in [0.5, 0.6) is 0 Å². The highest BCUT2D eigenvalue weighted by atomic mass is 16.5. The van der Waals surface area contributed by atoms with Crippen LogP contribution < -0.4 is 5.32 Å². The number of para-hydroxylation sites is 1. The van der Waals surface area contributed by atoms with Gasteiger partial charge < -0.3 is 10.4 Å². The molecule has 0 aliphatic carbocycles. The molecule has 71 valence electrons. The molecule has 0 aromatic heterocycles. The van der Waals surface area contributed by atoms with Gasteiger partial charge in [-0.25, -0.2) is 5.11 Å². The second-order valence-corrected chi connectivity index (χ2v) is 2.89. The van der Waals surface area contributed by atoms with Gasteiger partial charge in [0, 0.05) is 18.7 Å². The Morgan fingerprint density at radius 1 is 1.31 bits per heavy atom. The zero-order chi connectivity index (χ0) is 9.52. The van der Waals surface area contributed by atoms with Crippen LogP contribution in [0.2, 0.25) is 0 Å². The van der Waals surface area contributed by atoms with E-state index in [1.54, 1.807) is 0 Å². The molecule has 0 saturated carbocycles. The molecule has 0 fully saturated rings. The number of hydrogen-bond donors (Lipinski definition) is 2. The number of anilines is 1. The summed E-state index contributed by atoms with van der Waals surface area (Å²) in [5.41, 5.74) is 1.04. The molecule has 13 heavy (non-hydrogen) atoms. The molecule has 1 aromatic rings. The van der Waals surface area contributed by atoms with Crippen LogP contribution in [-0.4, -0.2) is 17.9 Å². The SMILES string of the molecule is [O]C(O)CCCNc1ccccc1. The molecule has 1 aromatic carbocycles. The first-order chi connectivity index (χ1) is 6.29. The van der Waals surface area contributed by atoms with Crippen molar-refractivity contribution in [3.63, 3.8) is 0 Å². The first-order valence-electron chi connectivity index (χ1n) is 4.42. The van der Waals surface area contributed by atoms with E-state index in [0.29, 0.717) is 12.8 Å². The molecule has 1 rings (SSSR count). The van der Waals surface area contributed by atoms with Gasteiger partial charge in [-0.1, -0.05) is 18.2 Å². The van der Waals surface area contributed by atoms with E-state index in [0.717, 1.165) is 12.2 Å². The van der Waals surface area contributed by atoms with Gasteiger partial charge in [-0.2, -0.15) is 0 Å². The molecule has 0 spiro atoms. The van der Waals surface area contributed by atoms with Crippen molar-refractivity contribution >= 4 is 5.69 Å². The van der Waals surface area contributed by atoms with Gasteiger partial charge in [-0.3, -0.25) is 0 Å². The number of hydrogen-bond acceptors (Lipinski definition) is 2. The summed E-state index contributed by atoms with van der Waals surface area (Å²) in [6, 6.07) is 9.78. The van der Waals surface area contributed by atoms with Gasteiger partial charge in [0.1, 0.15) is 0 Å². The predicted octanol–water partition coefficient (Wildman–Crippen LogP) is 1.63. The van der Waals surface area contributed by atoms with Crippen molar-refractivity contribution < 1.29 is 10.2 Å². The number of aliphatic hydroxyl groups excluding tert-OH is 1. The Balaban J connectivity index is 2.13. The van der Waals surface area contributed by atoms with Crippen LogP contribution in [0.1, 0.15) is 12.8 Å². The minimum atomic E-state index is -1.43. The fraction of sp³-hybridized carbons (Fsp3) is 0.400. The van der Waals surface area contributed by atoms with Crippen LogP contribution in [0.15, 0.2) is 30.3 Å². The van der Waals surface area contributed by atoms with E-state index in [-0.39, 0.29) is 0 Å². The molecule has 3 heteroatoms. The first-order valence-corrected chi connectivity index (χ1v) is 4.42. The van der Waals surface area contributed by atoms with E-state index in [1.165, 1.54) is 0 Å². The second-order valence-electron chi connectivity index (χ2n) is 2.89. The maximum atomic E-state index is 10.3. The summed E-state index contributed by atoms with van der Waals surface area (Å²) in [7, 11) is 0. The highest BCUT2D eigenvalue weighted by molar-refractivity contribution is 5.42. The number of aliphatic hydroxyl groups is 1. The molecule has 1 radical (unpaired) electrons. The maximum Gasteiger partial charge on any atom is 0.188 e. The minimum absolute atomic E-state index is 0.305. The van der Waals surface area contributed by atoms with Gasteiger partial charge in [0.2, 0.25) is 0 Å². The summed E-state index contributed by atoms with van der Waals surface area (Å²) in [5, 5.41) is 21.9. The molecule has 0 aliphatic rings. The van der Waals surface area contributed by atoms with Crippen LogP contribution in [0.3, 0.4) is 0 Å². The summed E-state index contributed by atoms with van der Waals surface area (Å²) >= 11 is 0. The van der Waals surface area contributed by atoms with Crippen molar-refractivity contribution in [3.8, 4) is 0 Å². The summed E-state index contributed by atoms with van der Waals surface area (Å²) in [4.78, 5) is 0. The molecule has 1 atom stereocenters. The second kappa shape index (κ2) is 5.56. The zero-order valence-electron chi connectivity index (χ0n) is 7.44. The third-order valence-electron chi connectivity index (χ3n) is 1.73. The molecule has 1 unspecified atom stereocenters. The van der Waals surface area contributed by atoms with Crippen molar-refractivity contribution in [3.05, 3.63) is 30.3 Å². The zero-order valence-corrected chi connectivity index (χ0v) is 7.44. The minimum Gasteiger partial charge on any atom is -0.385 e. The van der Waals surface area contributed by atoms with Crippen molar-refractivity contribution in [2.24, 2.45) is 0 Å². The van der Waals surface area contributed by atoms with Gasteiger partial charge >= 0.3 is 0 Å². The Labute approximate surface area is 78.0 Å². The van der Waals surface area contributed by atoms with Crippen LogP contribution in [-0.2, 0) is 5.11 Å². The lowest BCUT2D eigenvalue weighted by Crippen LogP contribution is -2.07. The predicted molar refractivity (Wildman–Crippen MR) is 50.9 cm³/mol. The Bertz CT molecular complexity index is 224. The van der Waals surface area contributed by atoms with Crippen molar-refractivity contribution in [1.29, 1.82) is 0 Å². The topological polar surface area (TPSA) is 52.2 Å². The lowest BCUT2D eigenvalue weighted by atomic mass is 10.3. The molecule has 0 saturated heterocycles. The van der Waals surface area contributed by atoms with E-state index in [2.05, 4.69) is 5.32 Å². The van der Waals surface area contributed by atoms with Crippen LogP contribution in [0, 0.1) is 0 Å². The van der Waals surface area contributed by atoms with Crippen molar-refractivity contribution in [2.45, 2.75) is 19.1 Å². The number of benzene rings is 1. The first kappa shape index (κ1) is 10.0. The normalized spacial score (nSPS) is 10.4. The van der Waals surface area contributed by atoms with E-state index >= 15 is 0 Å². The van der Waals surface area contributed by atoms with Gasteiger partial charge in [0.15, 0.2) is 6.29 Å². The van der Waals surface area contributed by atoms with E-state index in [1.807, 2.05) is 30.3 Å². The smallest absolute Gasteiger partial charge is 0.188 e. The molecule has 3 nitrogen and oxygen atoms in total. The number of nitrogens with one attached hydrogen (secondary N) is 1. The average Bonchev–Trinajstić information content (AvgIpc) is 2.14. The van der Waals surface area contributed by atoms with Crippen molar-refractivity contribution in [2.75, 3.05) is 11.9 Å². The van der Waals surface area contributed by atoms with E-state index < -0.39 is 6.29 Å². The van der Waals surface area contributed by atoms with E-state index in [9.17, 15) is 5.11 Å². The highest BCUT2D eigenvalue weighted by Crippen LogP contribution is 2.05. The Hall–Kier alpha value is -1.06. The van der Waals surface area contributed by atoms with Crippen molar-refractivity contribution in [1.82, 2.24) is 0 Å². The molecular weight excluding hydrogens is 166 g/mol. The highest BCUT2D eigenvalue weighted by Gasteiger charge is 1.97. The van der Waals surface area contributed by atoms with Gasteiger partial charge in [-0.15, -0.1) is 0 Å². The van der Waals surface area contributed by atoms with Crippen LogP contribution >= 0.6 is 0 Å². The standard InChI is InChI=1S/C10H14NO2/c12-10(13)7-4-8-11-9-5-2-1-3-6-9/h1-3,5-6,10-12H,4,7-8H2. The third kappa shape index (κ3) is 4.50. The monoisotopic (exact) mass is 180 g/mol. The lowest BCUT2D eigenvalue weighted by Gasteiger charge is -2.05. The Morgan fingerprint density at radius 3 is 2.62 bits per heavy atom. The van der Waals surface area contributed by atoms with Crippen LogP contribution in [0.4, 0.5) is 5.69 Å². The molecule has 0 heterocycles. The molecule has 0 bridgehead atoms. The largest absolute Gasteiger partial charge is 0.385 e. The Kier molecular flexibility index (Phi) is 4.29. The molecular formula is C10H14NO2. The van der Waals surface area contributed by atoms with Gasteiger partial charge in [0.05, 0.1) is 0 Å². The lowest BCUT2D eigenvalue weighted by molar-refractivity contribution is -0.0960. The number of rotatable bonds is 5. The fourth-order valence-electron chi connectivity index (χ4n) is 1.07. The average molecular weight is 180 g/mol. The molecule has 0 amide bonds. The summed E-state index contributed by atoms with van der Waals surface area (Å²) in [5.74, 6) is 0.